The van der Waals surface area contributed by atoms with Crippen molar-refractivity contribution >= 4 is 34.6 Å². The number of hydrogen-bond acceptors (Lipinski definition) is 5. The van der Waals surface area contributed by atoms with E-state index in [0.717, 1.165) is 22.4 Å². The topological polar surface area (TPSA) is 68.0 Å². The average molecular weight is 454 g/mol. The molecule has 0 amide bonds. The smallest absolute Gasteiger partial charge is 0.269 e. The molecular formula is C23H17Cl2N3O3. The van der Waals surface area contributed by atoms with E-state index in [-0.39, 0.29) is 11.7 Å². The Hall–Kier alpha value is -3.09. The van der Waals surface area contributed by atoms with Crippen LogP contribution in [0.4, 0.5) is 5.69 Å². The van der Waals surface area contributed by atoms with Crippen LogP contribution in [0.1, 0.15) is 36.1 Å². The van der Waals surface area contributed by atoms with E-state index in [1.165, 1.54) is 12.1 Å². The van der Waals surface area contributed by atoms with E-state index < -0.39 is 10.6 Å². The summed E-state index contributed by atoms with van der Waals surface area (Å²) in [6, 6.07) is 19.7. The zero-order chi connectivity index (χ0) is 21.8. The lowest BCUT2D eigenvalue weighted by Gasteiger charge is -2.46. The van der Waals surface area contributed by atoms with Gasteiger partial charge in [-0.1, -0.05) is 53.5 Å². The van der Waals surface area contributed by atoms with Gasteiger partial charge in [0, 0.05) is 41.6 Å². The summed E-state index contributed by atoms with van der Waals surface area (Å²) >= 11 is 12.8. The number of nitro benzene ring substituents is 1. The fraction of sp³-hybridized carbons (Fsp3) is 0.174. The Kier molecular flexibility index (Phi) is 4.64. The third-order valence-electron chi connectivity index (χ3n) is 5.77. The molecular weight excluding hydrogens is 437 g/mol. The van der Waals surface area contributed by atoms with Crippen molar-refractivity contribution in [1.29, 1.82) is 0 Å². The molecule has 0 saturated heterocycles. The minimum atomic E-state index is -1.01. The van der Waals surface area contributed by atoms with Crippen LogP contribution in [0, 0.1) is 10.1 Å². The molecule has 3 aromatic carbocycles. The zero-order valence-electron chi connectivity index (χ0n) is 16.5. The molecule has 0 spiro atoms. The van der Waals surface area contributed by atoms with Crippen LogP contribution in [0.15, 0.2) is 71.8 Å². The molecule has 31 heavy (non-hydrogen) atoms. The van der Waals surface area contributed by atoms with Crippen LogP contribution in [-0.2, 0) is 5.72 Å². The van der Waals surface area contributed by atoms with Gasteiger partial charge >= 0.3 is 0 Å². The van der Waals surface area contributed by atoms with Gasteiger partial charge in [-0.05, 0) is 29.8 Å². The number of hydrazone groups is 1. The maximum Gasteiger partial charge on any atom is 0.269 e. The van der Waals surface area contributed by atoms with E-state index in [0.29, 0.717) is 22.2 Å². The molecule has 2 aliphatic rings. The van der Waals surface area contributed by atoms with Gasteiger partial charge in [-0.15, -0.1) is 0 Å². The number of non-ortho nitro benzene ring substituents is 1. The predicted molar refractivity (Wildman–Crippen MR) is 120 cm³/mol. The molecule has 2 aliphatic heterocycles. The van der Waals surface area contributed by atoms with Crippen LogP contribution in [-0.4, -0.2) is 15.6 Å². The Labute approximate surface area is 188 Å². The molecule has 3 aromatic rings. The number of nitro groups is 1. The maximum absolute atomic E-state index is 11.1. The van der Waals surface area contributed by atoms with Crippen molar-refractivity contribution in [2.24, 2.45) is 5.10 Å². The van der Waals surface area contributed by atoms with Gasteiger partial charge < -0.3 is 4.74 Å². The molecule has 2 heterocycles. The molecule has 0 aliphatic carbocycles. The van der Waals surface area contributed by atoms with E-state index in [2.05, 4.69) is 0 Å². The van der Waals surface area contributed by atoms with E-state index in [1.54, 1.807) is 18.2 Å². The molecule has 0 aromatic heterocycles. The first-order valence-electron chi connectivity index (χ1n) is 9.72. The van der Waals surface area contributed by atoms with Crippen LogP contribution in [0.25, 0.3) is 0 Å². The number of fused-ring (bicyclic) bond motifs is 3. The molecule has 0 saturated carbocycles. The largest absolute Gasteiger partial charge is 0.461 e. The van der Waals surface area contributed by atoms with E-state index in [4.69, 9.17) is 33.0 Å². The van der Waals surface area contributed by atoms with E-state index >= 15 is 0 Å². The fourth-order valence-corrected chi connectivity index (χ4v) is 4.76. The highest BCUT2D eigenvalue weighted by atomic mass is 35.5. The van der Waals surface area contributed by atoms with Crippen LogP contribution >= 0.6 is 23.2 Å². The lowest BCUT2D eigenvalue weighted by atomic mass is 9.92. The van der Waals surface area contributed by atoms with E-state index in [9.17, 15) is 10.1 Å². The third kappa shape index (κ3) is 3.23. The molecule has 156 valence electrons. The third-order valence-corrected chi connectivity index (χ3v) is 6.26. The second kappa shape index (κ2) is 7.25. The Morgan fingerprint density at radius 2 is 1.84 bits per heavy atom. The van der Waals surface area contributed by atoms with Gasteiger partial charge in [-0.25, -0.2) is 5.01 Å². The van der Waals surface area contributed by atoms with Crippen molar-refractivity contribution in [3.05, 3.63) is 104 Å². The summed E-state index contributed by atoms with van der Waals surface area (Å²) in [5.74, 6) is 0.553. The van der Waals surface area contributed by atoms with Crippen molar-refractivity contribution < 1.29 is 9.66 Å². The molecule has 0 bridgehead atoms. The lowest BCUT2D eigenvalue weighted by Crippen LogP contribution is -2.48. The first-order valence-corrected chi connectivity index (χ1v) is 10.5. The van der Waals surface area contributed by atoms with Gasteiger partial charge in [0.1, 0.15) is 5.75 Å². The predicted octanol–water partition coefficient (Wildman–Crippen LogP) is 6.32. The van der Waals surface area contributed by atoms with Crippen LogP contribution in [0.3, 0.4) is 0 Å². The summed E-state index contributed by atoms with van der Waals surface area (Å²) in [6.07, 6.45) is 0.652. The summed E-state index contributed by atoms with van der Waals surface area (Å²) in [7, 11) is 0. The van der Waals surface area contributed by atoms with Gasteiger partial charge in [0.25, 0.3) is 5.69 Å². The van der Waals surface area contributed by atoms with E-state index in [1.807, 2.05) is 48.3 Å². The highest BCUT2D eigenvalue weighted by Gasteiger charge is 2.49. The number of ether oxygens (including phenoxy) is 1. The summed E-state index contributed by atoms with van der Waals surface area (Å²) in [5.41, 5.74) is 2.55. The molecule has 2 atom stereocenters. The Bertz CT molecular complexity index is 1210. The fourth-order valence-electron chi connectivity index (χ4n) is 4.22. The van der Waals surface area contributed by atoms with Crippen molar-refractivity contribution in [2.45, 2.75) is 25.1 Å². The monoisotopic (exact) mass is 453 g/mol. The van der Waals surface area contributed by atoms with Crippen LogP contribution < -0.4 is 4.74 Å². The minimum absolute atomic E-state index is 0.0137. The normalized spacial score (nSPS) is 21.7. The molecule has 0 N–H and O–H groups in total. The highest BCUT2D eigenvalue weighted by Crippen LogP contribution is 2.53. The van der Waals surface area contributed by atoms with Crippen molar-refractivity contribution in [1.82, 2.24) is 5.01 Å². The molecule has 6 nitrogen and oxygen atoms in total. The Morgan fingerprint density at radius 1 is 1.13 bits per heavy atom. The molecule has 0 unspecified atom stereocenters. The summed E-state index contributed by atoms with van der Waals surface area (Å²) in [4.78, 5) is 10.7. The van der Waals surface area contributed by atoms with Crippen LogP contribution in [0.2, 0.25) is 10.0 Å². The number of nitrogens with zero attached hydrogens (tertiary/aromatic N) is 3. The van der Waals surface area contributed by atoms with Gasteiger partial charge in [0.05, 0.1) is 21.7 Å². The minimum Gasteiger partial charge on any atom is -0.461 e. The van der Waals surface area contributed by atoms with Gasteiger partial charge in [-0.2, -0.15) is 5.10 Å². The summed E-state index contributed by atoms with van der Waals surface area (Å²) in [6.45, 7) is 1.90. The molecule has 0 fully saturated rings. The van der Waals surface area contributed by atoms with Crippen molar-refractivity contribution in [2.75, 3.05) is 0 Å². The molecule has 8 heteroatoms. The molecule has 5 rings (SSSR count). The van der Waals surface area contributed by atoms with Crippen molar-refractivity contribution in [3.63, 3.8) is 0 Å². The summed E-state index contributed by atoms with van der Waals surface area (Å²) < 4.78 is 6.45. The number of halogens is 2. The average Bonchev–Trinajstić information content (AvgIpc) is 3.22. The Morgan fingerprint density at radius 3 is 2.52 bits per heavy atom. The van der Waals surface area contributed by atoms with Crippen LogP contribution in [0.5, 0.6) is 5.75 Å². The number of benzene rings is 3. The first-order chi connectivity index (χ1) is 14.9. The highest BCUT2D eigenvalue weighted by molar-refractivity contribution is 6.35. The van der Waals surface area contributed by atoms with Crippen molar-refractivity contribution in [3.8, 4) is 5.75 Å². The number of rotatable bonds is 3. The summed E-state index contributed by atoms with van der Waals surface area (Å²) in [5, 5.41) is 18.9. The quantitative estimate of drug-likeness (QED) is 0.343. The second-order valence-corrected chi connectivity index (χ2v) is 8.52. The Balaban J connectivity index is 1.67. The van der Waals surface area contributed by atoms with Gasteiger partial charge in [-0.3, -0.25) is 10.1 Å². The lowest BCUT2D eigenvalue weighted by molar-refractivity contribution is -0.384. The number of hydrogen-bond donors (Lipinski definition) is 0. The molecule has 0 radical (unpaired) electrons. The van der Waals surface area contributed by atoms with Gasteiger partial charge in [0.15, 0.2) is 0 Å². The SMILES string of the molecule is C[C@@]1(c2ccc([N+](=O)[O-])cc2)Oc2c(Cl)cc(Cl)cc2[C@H]2CC(c3ccccc3)=NN21. The standard InChI is InChI=1S/C23H17Cl2N3O3/c1-23(15-7-9-17(10-8-15)28(29)30)27-21(13-20(26-27)14-5-3-2-4-6-14)18-11-16(24)12-19(25)22(18)31-23/h2-12,21H,13H2,1H3/t21-,23+/m1/s1. The maximum atomic E-state index is 11.1. The van der Waals surface area contributed by atoms with Gasteiger partial charge in [0.2, 0.25) is 5.72 Å². The zero-order valence-corrected chi connectivity index (χ0v) is 18.0. The second-order valence-electron chi connectivity index (χ2n) is 7.67. The first kappa shape index (κ1) is 19.8.